The first-order chi connectivity index (χ1) is 4.22. The zero-order chi connectivity index (χ0) is 6.85. The summed E-state index contributed by atoms with van der Waals surface area (Å²) in [4.78, 5) is 10.9. The highest BCUT2D eigenvalue weighted by atomic mass is 16.1. The van der Waals surface area contributed by atoms with Crippen molar-refractivity contribution in [2.24, 2.45) is 0 Å². The van der Waals surface area contributed by atoms with E-state index in [9.17, 15) is 4.79 Å². The molecule has 0 spiro atoms. The predicted molar refractivity (Wildman–Crippen MR) is 37.1 cm³/mol. The second kappa shape index (κ2) is 2.18. The van der Waals surface area contributed by atoms with Crippen LogP contribution in [0.1, 0.15) is 20.3 Å². The minimum Gasteiger partial charge on any atom is -0.290 e. The molecule has 1 aliphatic carbocycles. The van der Waals surface area contributed by atoms with Gasteiger partial charge in [-0.3, -0.25) is 4.79 Å². The molecule has 0 aromatic heterocycles. The minimum atomic E-state index is 0.166. The largest absolute Gasteiger partial charge is 0.290 e. The molecule has 0 N–H and O–H groups in total. The highest BCUT2D eigenvalue weighted by Crippen LogP contribution is 2.14. The first-order valence-corrected chi connectivity index (χ1v) is 3.09. The summed E-state index contributed by atoms with van der Waals surface area (Å²) in [7, 11) is 0. The molecule has 0 heterocycles. The molecule has 0 aromatic carbocycles. The molecule has 0 unspecified atom stereocenters. The predicted octanol–water partition coefficient (Wildman–Crippen LogP) is 1.85. The Balaban J connectivity index is 2.92. The quantitative estimate of drug-likeness (QED) is 0.479. The summed E-state index contributed by atoms with van der Waals surface area (Å²) < 4.78 is 0. The van der Waals surface area contributed by atoms with Crippen LogP contribution in [0.3, 0.4) is 0 Å². The molecular weight excluding hydrogens is 112 g/mol. The zero-order valence-corrected chi connectivity index (χ0v) is 5.77. The summed E-state index contributed by atoms with van der Waals surface area (Å²) in [6.45, 7) is 3.87. The second-order valence-electron chi connectivity index (χ2n) is 2.38. The smallest absolute Gasteiger partial charge is 0.181 e. The third kappa shape index (κ3) is 1.10. The van der Waals surface area contributed by atoms with Crippen molar-refractivity contribution in [3.05, 3.63) is 23.3 Å². The van der Waals surface area contributed by atoms with Crippen molar-refractivity contribution >= 4 is 5.78 Å². The van der Waals surface area contributed by atoms with Gasteiger partial charge in [-0.1, -0.05) is 11.6 Å². The molecule has 1 heteroatoms. The van der Waals surface area contributed by atoms with Gasteiger partial charge in [0.25, 0.3) is 0 Å². The lowest BCUT2D eigenvalue weighted by atomic mass is 9.99. The van der Waals surface area contributed by atoms with Gasteiger partial charge in [0.1, 0.15) is 0 Å². The van der Waals surface area contributed by atoms with Gasteiger partial charge in [-0.2, -0.15) is 0 Å². The van der Waals surface area contributed by atoms with Crippen LogP contribution in [0.15, 0.2) is 23.3 Å². The van der Waals surface area contributed by atoms with Gasteiger partial charge < -0.3 is 0 Å². The molecule has 0 saturated carbocycles. The van der Waals surface area contributed by atoms with Gasteiger partial charge in [-0.05, 0) is 31.9 Å². The fourth-order valence-corrected chi connectivity index (χ4v) is 0.831. The third-order valence-electron chi connectivity index (χ3n) is 1.70. The fourth-order valence-electron chi connectivity index (χ4n) is 0.831. The Morgan fingerprint density at radius 3 is 2.56 bits per heavy atom. The van der Waals surface area contributed by atoms with E-state index in [2.05, 4.69) is 0 Å². The van der Waals surface area contributed by atoms with E-state index in [4.69, 9.17) is 0 Å². The van der Waals surface area contributed by atoms with E-state index in [0.29, 0.717) is 0 Å². The lowest BCUT2D eigenvalue weighted by molar-refractivity contribution is -0.111. The van der Waals surface area contributed by atoms with Crippen LogP contribution in [0.5, 0.6) is 0 Å². The van der Waals surface area contributed by atoms with Crippen molar-refractivity contribution in [3.63, 3.8) is 0 Å². The summed E-state index contributed by atoms with van der Waals surface area (Å²) in [6, 6.07) is 0. The number of carbonyl (C=O) groups excluding carboxylic acids is 1. The fraction of sp³-hybridized carbons (Fsp3) is 0.375. The van der Waals surface area contributed by atoms with E-state index < -0.39 is 0 Å². The van der Waals surface area contributed by atoms with E-state index >= 15 is 0 Å². The number of carbonyl (C=O) groups is 1. The maximum Gasteiger partial charge on any atom is 0.181 e. The first-order valence-electron chi connectivity index (χ1n) is 3.09. The SMILES string of the molecule is CC1=C(C)C(=O)C=CC1. The van der Waals surface area contributed by atoms with Gasteiger partial charge >= 0.3 is 0 Å². The molecule has 0 atom stereocenters. The molecule has 0 fully saturated rings. The van der Waals surface area contributed by atoms with E-state index in [0.717, 1.165) is 12.0 Å². The molecular formula is C8H10O. The van der Waals surface area contributed by atoms with E-state index in [1.54, 1.807) is 6.08 Å². The van der Waals surface area contributed by atoms with Crippen molar-refractivity contribution in [1.29, 1.82) is 0 Å². The number of rotatable bonds is 0. The van der Waals surface area contributed by atoms with Crippen molar-refractivity contribution in [2.75, 3.05) is 0 Å². The topological polar surface area (TPSA) is 17.1 Å². The molecule has 1 aliphatic rings. The Morgan fingerprint density at radius 1 is 1.44 bits per heavy atom. The van der Waals surface area contributed by atoms with Gasteiger partial charge in [0.05, 0.1) is 0 Å². The Labute approximate surface area is 55.1 Å². The lowest BCUT2D eigenvalue weighted by Crippen LogP contribution is -2.01. The molecule has 0 aliphatic heterocycles. The highest BCUT2D eigenvalue weighted by Gasteiger charge is 2.06. The number of ketones is 1. The normalized spacial score (nSPS) is 19.1. The van der Waals surface area contributed by atoms with Gasteiger partial charge in [0.15, 0.2) is 5.78 Å². The Hall–Kier alpha value is -0.850. The van der Waals surface area contributed by atoms with Crippen molar-refractivity contribution in [1.82, 2.24) is 0 Å². The summed E-state index contributed by atoms with van der Waals surface area (Å²) >= 11 is 0. The summed E-state index contributed by atoms with van der Waals surface area (Å²) in [6.07, 6.45) is 4.49. The molecule has 48 valence electrons. The third-order valence-corrected chi connectivity index (χ3v) is 1.70. The summed E-state index contributed by atoms with van der Waals surface area (Å²) in [5, 5.41) is 0. The van der Waals surface area contributed by atoms with Gasteiger partial charge in [-0.15, -0.1) is 0 Å². The Kier molecular flexibility index (Phi) is 1.52. The van der Waals surface area contributed by atoms with Crippen LogP contribution in [0.2, 0.25) is 0 Å². The average Bonchev–Trinajstić information content (AvgIpc) is 1.83. The molecule has 9 heavy (non-hydrogen) atoms. The monoisotopic (exact) mass is 122 g/mol. The molecule has 0 saturated heterocycles. The number of hydrogen-bond acceptors (Lipinski definition) is 1. The van der Waals surface area contributed by atoms with Crippen LogP contribution in [0.25, 0.3) is 0 Å². The zero-order valence-electron chi connectivity index (χ0n) is 5.77. The van der Waals surface area contributed by atoms with Crippen molar-refractivity contribution in [3.8, 4) is 0 Å². The molecule has 0 bridgehead atoms. The summed E-state index contributed by atoms with van der Waals surface area (Å²) in [5.74, 6) is 0.166. The van der Waals surface area contributed by atoms with Gasteiger partial charge in [0.2, 0.25) is 0 Å². The first kappa shape index (κ1) is 6.27. The molecule has 1 nitrogen and oxygen atoms in total. The number of allylic oxidation sites excluding steroid dienone is 4. The second-order valence-corrected chi connectivity index (χ2v) is 2.38. The van der Waals surface area contributed by atoms with Crippen molar-refractivity contribution in [2.45, 2.75) is 20.3 Å². The number of hydrogen-bond donors (Lipinski definition) is 0. The molecule has 0 aromatic rings. The van der Waals surface area contributed by atoms with Crippen LogP contribution < -0.4 is 0 Å². The van der Waals surface area contributed by atoms with Crippen LogP contribution in [-0.2, 0) is 4.79 Å². The molecule has 0 radical (unpaired) electrons. The standard InChI is InChI=1S/C8H10O/c1-6-4-3-5-8(9)7(6)2/h3,5H,4H2,1-2H3. The highest BCUT2D eigenvalue weighted by molar-refractivity contribution is 6.04. The van der Waals surface area contributed by atoms with Crippen LogP contribution in [-0.4, -0.2) is 5.78 Å². The Morgan fingerprint density at radius 2 is 2.11 bits per heavy atom. The molecule has 0 amide bonds. The van der Waals surface area contributed by atoms with E-state index in [1.165, 1.54) is 5.57 Å². The summed E-state index contributed by atoms with van der Waals surface area (Å²) in [5.41, 5.74) is 2.11. The van der Waals surface area contributed by atoms with E-state index in [1.807, 2.05) is 19.9 Å². The van der Waals surface area contributed by atoms with Crippen LogP contribution in [0.4, 0.5) is 0 Å². The van der Waals surface area contributed by atoms with Crippen LogP contribution >= 0.6 is 0 Å². The minimum absolute atomic E-state index is 0.166. The maximum atomic E-state index is 10.9. The Bertz CT molecular complexity index is 197. The average molecular weight is 122 g/mol. The van der Waals surface area contributed by atoms with Gasteiger partial charge in [-0.25, -0.2) is 0 Å². The molecule has 1 rings (SSSR count). The maximum absolute atomic E-state index is 10.9. The van der Waals surface area contributed by atoms with E-state index in [-0.39, 0.29) is 5.78 Å². The lowest BCUT2D eigenvalue weighted by Gasteiger charge is -2.05. The van der Waals surface area contributed by atoms with Crippen molar-refractivity contribution < 1.29 is 4.79 Å². The van der Waals surface area contributed by atoms with Gasteiger partial charge in [0, 0.05) is 0 Å². The van der Waals surface area contributed by atoms with Crippen LogP contribution in [0, 0.1) is 0 Å².